The van der Waals surface area contributed by atoms with Crippen LogP contribution in [-0.2, 0) is 4.79 Å². The molecule has 0 bridgehead atoms. The van der Waals surface area contributed by atoms with Crippen molar-refractivity contribution in [1.29, 1.82) is 0 Å². The molecule has 0 saturated carbocycles. The lowest BCUT2D eigenvalue weighted by Gasteiger charge is -2.29. The van der Waals surface area contributed by atoms with E-state index in [-0.39, 0.29) is 11.9 Å². The first-order chi connectivity index (χ1) is 7.25. The van der Waals surface area contributed by atoms with Crippen molar-refractivity contribution in [2.45, 2.75) is 32.9 Å². The lowest BCUT2D eigenvalue weighted by atomic mass is 10.0. The maximum Gasteiger partial charge on any atom is 0.238 e. The van der Waals surface area contributed by atoms with Gasteiger partial charge in [-0.1, -0.05) is 13.8 Å². The van der Waals surface area contributed by atoms with E-state index in [1.165, 1.54) is 0 Å². The SMILES string of the molecule is CC(NC(CN(C)C)C(C)C)C(=O)N(C)C. The average molecular weight is 229 g/mol. The number of nitrogens with one attached hydrogen (secondary N) is 1. The molecule has 0 aliphatic carbocycles. The van der Waals surface area contributed by atoms with Crippen LogP contribution in [0.15, 0.2) is 0 Å². The van der Waals surface area contributed by atoms with Crippen molar-refractivity contribution < 1.29 is 4.79 Å². The molecule has 2 unspecified atom stereocenters. The highest BCUT2D eigenvalue weighted by Gasteiger charge is 2.21. The normalized spacial score (nSPS) is 15.3. The zero-order chi connectivity index (χ0) is 12.9. The number of likely N-dealkylation sites (N-methyl/N-ethyl adjacent to an activating group) is 2. The molecule has 0 fully saturated rings. The predicted molar refractivity (Wildman–Crippen MR) is 68.5 cm³/mol. The summed E-state index contributed by atoms with van der Waals surface area (Å²) in [5.41, 5.74) is 0. The Morgan fingerprint density at radius 3 is 1.94 bits per heavy atom. The Balaban J connectivity index is 4.34. The molecule has 16 heavy (non-hydrogen) atoms. The number of carbonyl (C=O) groups excluding carboxylic acids is 1. The molecule has 4 heteroatoms. The largest absolute Gasteiger partial charge is 0.347 e. The smallest absolute Gasteiger partial charge is 0.238 e. The summed E-state index contributed by atoms with van der Waals surface area (Å²) < 4.78 is 0. The summed E-state index contributed by atoms with van der Waals surface area (Å²) in [7, 11) is 7.68. The van der Waals surface area contributed by atoms with Gasteiger partial charge in [-0.05, 0) is 26.9 Å². The van der Waals surface area contributed by atoms with Gasteiger partial charge in [0.15, 0.2) is 0 Å². The lowest BCUT2D eigenvalue weighted by Crippen LogP contribution is -2.51. The van der Waals surface area contributed by atoms with E-state index in [1.54, 1.807) is 19.0 Å². The summed E-state index contributed by atoms with van der Waals surface area (Å²) in [6.45, 7) is 7.22. The molecule has 0 radical (unpaired) electrons. The van der Waals surface area contributed by atoms with Crippen LogP contribution in [0.1, 0.15) is 20.8 Å². The number of hydrogen-bond acceptors (Lipinski definition) is 3. The molecule has 0 aromatic carbocycles. The van der Waals surface area contributed by atoms with Gasteiger partial charge in [-0.25, -0.2) is 0 Å². The number of amides is 1. The molecule has 2 atom stereocenters. The predicted octanol–water partition coefficient (Wildman–Crippen LogP) is 0.639. The molecule has 4 nitrogen and oxygen atoms in total. The molecule has 1 amide bonds. The van der Waals surface area contributed by atoms with Crippen LogP contribution in [0, 0.1) is 5.92 Å². The molecular weight excluding hydrogens is 202 g/mol. The summed E-state index contributed by atoms with van der Waals surface area (Å²) >= 11 is 0. The molecule has 0 aromatic heterocycles. The van der Waals surface area contributed by atoms with Crippen LogP contribution in [0.25, 0.3) is 0 Å². The van der Waals surface area contributed by atoms with Gasteiger partial charge in [0.25, 0.3) is 0 Å². The van der Waals surface area contributed by atoms with Crippen molar-refractivity contribution in [3.63, 3.8) is 0 Å². The number of hydrogen-bond donors (Lipinski definition) is 1. The molecule has 96 valence electrons. The Morgan fingerprint density at radius 1 is 1.12 bits per heavy atom. The molecular formula is C12H27N3O. The van der Waals surface area contributed by atoms with Gasteiger partial charge >= 0.3 is 0 Å². The van der Waals surface area contributed by atoms with Gasteiger partial charge < -0.3 is 15.1 Å². The fourth-order valence-electron chi connectivity index (χ4n) is 1.63. The van der Waals surface area contributed by atoms with E-state index < -0.39 is 0 Å². The third-order valence-electron chi connectivity index (χ3n) is 2.64. The maximum absolute atomic E-state index is 11.7. The Labute approximate surface area is 100.0 Å². The molecule has 0 saturated heterocycles. The van der Waals surface area contributed by atoms with Gasteiger partial charge in [-0.2, -0.15) is 0 Å². The summed E-state index contributed by atoms with van der Waals surface area (Å²) in [6, 6.07) is 0.219. The summed E-state index contributed by atoms with van der Waals surface area (Å²) in [5, 5.41) is 3.40. The minimum absolute atomic E-state index is 0.123. The highest BCUT2D eigenvalue weighted by Crippen LogP contribution is 2.04. The fourth-order valence-corrected chi connectivity index (χ4v) is 1.63. The molecule has 0 spiro atoms. The van der Waals surface area contributed by atoms with Gasteiger partial charge in [-0.15, -0.1) is 0 Å². The quantitative estimate of drug-likeness (QED) is 0.726. The van der Waals surface area contributed by atoms with Crippen molar-refractivity contribution in [3.8, 4) is 0 Å². The number of rotatable bonds is 6. The van der Waals surface area contributed by atoms with Crippen LogP contribution < -0.4 is 5.32 Å². The van der Waals surface area contributed by atoms with Gasteiger partial charge in [0.05, 0.1) is 6.04 Å². The molecule has 0 rings (SSSR count). The van der Waals surface area contributed by atoms with Crippen molar-refractivity contribution in [2.75, 3.05) is 34.7 Å². The molecule has 1 N–H and O–H groups in total. The molecule has 0 aromatic rings. The van der Waals surface area contributed by atoms with Crippen LogP contribution >= 0.6 is 0 Å². The second-order valence-electron chi connectivity index (χ2n) is 5.23. The minimum atomic E-state index is -0.123. The zero-order valence-electron chi connectivity index (χ0n) is 11.7. The maximum atomic E-state index is 11.7. The number of nitrogens with zero attached hydrogens (tertiary/aromatic N) is 2. The van der Waals surface area contributed by atoms with E-state index in [9.17, 15) is 4.79 Å². The van der Waals surface area contributed by atoms with Gasteiger partial charge in [0, 0.05) is 26.7 Å². The first kappa shape index (κ1) is 15.4. The third kappa shape index (κ3) is 5.47. The van der Waals surface area contributed by atoms with Crippen LogP contribution in [0.4, 0.5) is 0 Å². The van der Waals surface area contributed by atoms with Crippen molar-refractivity contribution in [3.05, 3.63) is 0 Å². The van der Waals surface area contributed by atoms with Crippen LogP contribution in [-0.4, -0.2) is 62.5 Å². The summed E-state index contributed by atoms with van der Waals surface area (Å²) in [4.78, 5) is 15.5. The van der Waals surface area contributed by atoms with E-state index in [4.69, 9.17) is 0 Å². The lowest BCUT2D eigenvalue weighted by molar-refractivity contribution is -0.130. The molecule has 0 aliphatic rings. The third-order valence-corrected chi connectivity index (χ3v) is 2.64. The molecule has 0 heterocycles. The first-order valence-electron chi connectivity index (χ1n) is 5.87. The summed E-state index contributed by atoms with van der Waals surface area (Å²) in [6.07, 6.45) is 0. The average Bonchev–Trinajstić information content (AvgIpc) is 2.14. The number of carbonyl (C=O) groups is 1. The minimum Gasteiger partial charge on any atom is -0.347 e. The Kier molecular flexibility index (Phi) is 6.60. The van der Waals surface area contributed by atoms with Crippen molar-refractivity contribution in [1.82, 2.24) is 15.1 Å². The van der Waals surface area contributed by atoms with Gasteiger partial charge in [0.1, 0.15) is 0 Å². The van der Waals surface area contributed by atoms with E-state index >= 15 is 0 Å². The standard InChI is InChI=1S/C12H27N3O/c1-9(2)11(8-14(4)5)13-10(3)12(16)15(6)7/h9-11,13H,8H2,1-7H3. The Bertz CT molecular complexity index is 214. The zero-order valence-corrected chi connectivity index (χ0v) is 11.7. The van der Waals surface area contributed by atoms with E-state index in [1.807, 2.05) is 6.92 Å². The first-order valence-corrected chi connectivity index (χ1v) is 5.87. The second kappa shape index (κ2) is 6.86. The van der Waals surface area contributed by atoms with E-state index in [2.05, 4.69) is 38.2 Å². The topological polar surface area (TPSA) is 35.6 Å². The summed E-state index contributed by atoms with van der Waals surface area (Å²) in [5.74, 6) is 0.643. The fraction of sp³-hybridized carbons (Fsp3) is 0.917. The van der Waals surface area contributed by atoms with Gasteiger partial charge in [0.2, 0.25) is 5.91 Å². The van der Waals surface area contributed by atoms with Gasteiger partial charge in [-0.3, -0.25) is 4.79 Å². The van der Waals surface area contributed by atoms with E-state index in [0.29, 0.717) is 12.0 Å². The van der Waals surface area contributed by atoms with Crippen molar-refractivity contribution in [2.24, 2.45) is 5.92 Å². The van der Waals surface area contributed by atoms with Crippen LogP contribution in [0.5, 0.6) is 0 Å². The Morgan fingerprint density at radius 2 is 1.62 bits per heavy atom. The monoisotopic (exact) mass is 229 g/mol. The van der Waals surface area contributed by atoms with Crippen LogP contribution in [0.3, 0.4) is 0 Å². The highest BCUT2D eigenvalue weighted by atomic mass is 16.2. The molecule has 0 aliphatic heterocycles. The van der Waals surface area contributed by atoms with Crippen molar-refractivity contribution >= 4 is 5.91 Å². The highest BCUT2D eigenvalue weighted by molar-refractivity contribution is 5.80. The van der Waals surface area contributed by atoms with Crippen LogP contribution in [0.2, 0.25) is 0 Å². The van der Waals surface area contributed by atoms with E-state index in [0.717, 1.165) is 6.54 Å². The second-order valence-corrected chi connectivity index (χ2v) is 5.23. The Hall–Kier alpha value is -0.610.